The standard InChI is InChI=1S/C16H21NO3/c1-12(18)11-16(19)17-9-7-13(8-10-17)14-5-3-4-6-15(14)20-2/h3-6,13H,7-11H2,1-2H3. The van der Waals surface area contributed by atoms with E-state index in [1.165, 1.54) is 12.5 Å². The average molecular weight is 275 g/mol. The number of piperidine rings is 1. The topological polar surface area (TPSA) is 46.6 Å². The van der Waals surface area contributed by atoms with E-state index in [0.29, 0.717) is 5.92 Å². The molecule has 2 rings (SSSR count). The van der Waals surface area contributed by atoms with Gasteiger partial charge in [-0.2, -0.15) is 0 Å². The summed E-state index contributed by atoms with van der Waals surface area (Å²) in [7, 11) is 1.68. The first-order chi connectivity index (χ1) is 9.61. The number of hydrogen-bond donors (Lipinski definition) is 0. The second-order valence-electron chi connectivity index (χ2n) is 5.28. The molecule has 4 heteroatoms. The molecule has 108 valence electrons. The molecule has 0 radical (unpaired) electrons. The van der Waals surface area contributed by atoms with E-state index in [4.69, 9.17) is 4.74 Å². The molecule has 1 saturated heterocycles. The lowest BCUT2D eigenvalue weighted by Gasteiger charge is -2.32. The maximum atomic E-state index is 11.9. The first-order valence-electron chi connectivity index (χ1n) is 7.02. The van der Waals surface area contributed by atoms with Crippen molar-refractivity contribution >= 4 is 11.7 Å². The van der Waals surface area contributed by atoms with Crippen LogP contribution in [0.5, 0.6) is 5.75 Å². The number of hydrogen-bond acceptors (Lipinski definition) is 3. The lowest BCUT2D eigenvalue weighted by molar-refractivity contribution is -0.135. The van der Waals surface area contributed by atoms with E-state index in [1.807, 2.05) is 18.2 Å². The summed E-state index contributed by atoms with van der Waals surface area (Å²) in [5, 5.41) is 0. The van der Waals surface area contributed by atoms with Crippen LogP contribution in [0.3, 0.4) is 0 Å². The quantitative estimate of drug-likeness (QED) is 0.793. The molecule has 0 saturated carbocycles. The van der Waals surface area contributed by atoms with Crippen LogP contribution in [0.4, 0.5) is 0 Å². The maximum Gasteiger partial charge on any atom is 0.230 e. The van der Waals surface area contributed by atoms with Crippen molar-refractivity contribution in [2.45, 2.75) is 32.1 Å². The molecule has 0 spiro atoms. The summed E-state index contributed by atoms with van der Waals surface area (Å²) in [4.78, 5) is 24.7. The molecule has 0 aliphatic carbocycles. The van der Waals surface area contributed by atoms with Gasteiger partial charge in [-0.25, -0.2) is 0 Å². The third kappa shape index (κ3) is 3.38. The van der Waals surface area contributed by atoms with Crippen molar-refractivity contribution in [1.82, 2.24) is 4.90 Å². The summed E-state index contributed by atoms with van der Waals surface area (Å²) < 4.78 is 5.40. The molecule has 0 aromatic heterocycles. The Bertz CT molecular complexity index is 490. The van der Waals surface area contributed by atoms with Crippen molar-refractivity contribution < 1.29 is 14.3 Å². The van der Waals surface area contributed by atoms with E-state index < -0.39 is 0 Å². The number of carbonyl (C=O) groups is 2. The van der Waals surface area contributed by atoms with Gasteiger partial charge in [-0.3, -0.25) is 9.59 Å². The predicted octanol–water partition coefficient (Wildman–Crippen LogP) is 2.38. The zero-order valence-electron chi connectivity index (χ0n) is 12.1. The molecule has 1 fully saturated rings. The van der Waals surface area contributed by atoms with Crippen LogP contribution in [0.25, 0.3) is 0 Å². The second-order valence-corrected chi connectivity index (χ2v) is 5.28. The van der Waals surface area contributed by atoms with Crippen molar-refractivity contribution in [1.29, 1.82) is 0 Å². The molecule has 4 nitrogen and oxygen atoms in total. The van der Waals surface area contributed by atoms with Crippen molar-refractivity contribution in [2.24, 2.45) is 0 Å². The lowest BCUT2D eigenvalue weighted by atomic mass is 9.88. The number of carbonyl (C=O) groups excluding carboxylic acids is 2. The van der Waals surface area contributed by atoms with E-state index in [1.54, 1.807) is 12.0 Å². The van der Waals surface area contributed by atoms with E-state index >= 15 is 0 Å². The van der Waals surface area contributed by atoms with E-state index in [9.17, 15) is 9.59 Å². The van der Waals surface area contributed by atoms with Crippen LogP contribution >= 0.6 is 0 Å². The molecule has 1 aromatic rings. The van der Waals surface area contributed by atoms with Crippen molar-refractivity contribution in [3.8, 4) is 5.75 Å². The van der Waals surface area contributed by atoms with Crippen LogP contribution in [0, 0.1) is 0 Å². The summed E-state index contributed by atoms with van der Waals surface area (Å²) in [5.41, 5.74) is 1.22. The van der Waals surface area contributed by atoms with Crippen molar-refractivity contribution in [3.05, 3.63) is 29.8 Å². The van der Waals surface area contributed by atoms with Gasteiger partial charge in [0.2, 0.25) is 5.91 Å². The zero-order chi connectivity index (χ0) is 14.5. The third-order valence-corrected chi connectivity index (χ3v) is 3.83. The van der Waals surface area contributed by atoms with Gasteiger partial charge in [-0.1, -0.05) is 18.2 Å². The summed E-state index contributed by atoms with van der Waals surface area (Å²) in [5.74, 6) is 1.23. The number of ketones is 1. The monoisotopic (exact) mass is 275 g/mol. The average Bonchev–Trinajstić information content (AvgIpc) is 2.46. The highest BCUT2D eigenvalue weighted by molar-refractivity contribution is 5.96. The van der Waals surface area contributed by atoms with E-state index in [0.717, 1.165) is 31.7 Å². The van der Waals surface area contributed by atoms with Gasteiger partial charge in [-0.15, -0.1) is 0 Å². The van der Waals surface area contributed by atoms with Crippen LogP contribution < -0.4 is 4.74 Å². The number of likely N-dealkylation sites (tertiary alicyclic amines) is 1. The Morgan fingerprint density at radius 1 is 1.25 bits per heavy atom. The van der Waals surface area contributed by atoms with Gasteiger partial charge in [0.1, 0.15) is 11.5 Å². The van der Waals surface area contributed by atoms with Gasteiger partial charge in [0.15, 0.2) is 0 Å². The summed E-state index contributed by atoms with van der Waals surface area (Å²) in [6, 6.07) is 8.05. The third-order valence-electron chi connectivity index (χ3n) is 3.83. The zero-order valence-corrected chi connectivity index (χ0v) is 12.1. The number of Topliss-reactive ketones (excluding diaryl/α,β-unsaturated/α-hetero) is 1. The fourth-order valence-corrected chi connectivity index (χ4v) is 2.77. The van der Waals surface area contributed by atoms with Gasteiger partial charge >= 0.3 is 0 Å². The smallest absolute Gasteiger partial charge is 0.230 e. The molecule has 0 N–H and O–H groups in total. The number of methoxy groups -OCH3 is 1. The molecule has 0 unspecified atom stereocenters. The predicted molar refractivity (Wildman–Crippen MR) is 76.8 cm³/mol. The Kier molecular flexibility index (Phi) is 4.77. The van der Waals surface area contributed by atoms with E-state index in [2.05, 4.69) is 6.07 Å². The SMILES string of the molecule is COc1ccccc1C1CCN(C(=O)CC(C)=O)CC1. The minimum Gasteiger partial charge on any atom is -0.496 e. The number of rotatable bonds is 4. The highest BCUT2D eigenvalue weighted by Crippen LogP contribution is 2.34. The molecule has 1 aromatic carbocycles. The van der Waals surface area contributed by atoms with Gasteiger partial charge in [0.25, 0.3) is 0 Å². The van der Waals surface area contributed by atoms with Crippen LogP contribution in [-0.4, -0.2) is 36.8 Å². The highest BCUT2D eigenvalue weighted by Gasteiger charge is 2.25. The molecule has 1 aliphatic heterocycles. The normalized spacial score (nSPS) is 16.0. The highest BCUT2D eigenvalue weighted by atomic mass is 16.5. The number of amides is 1. The van der Waals surface area contributed by atoms with Gasteiger partial charge in [0.05, 0.1) is 13.5 Å². The Morgan fingerprint density at radius 2 is 1.90 bits per heavy atom. The second kappa shape index (κ2) is 6.55. The summed E-state index contributed by atoms with van der Waals surface area (Å²) in [6.45, 7) is 2.89. The molecule has 1 heterocycles. The molecule has 1 amide bonds. The van der Waals surface area contributed by atoms with Crippen LogP contribution in [0.1, 0.15) is 37.7 Å². The fourth-order valence-electron chi connectivity index (χ4n) is 2.77. The maximum absolute atomic E-state index is 11.9. The fraction of sp³-hybridized carbons (Fsp3) is 0.500. The largest absolute Gasteiger partial charge is 0.496 e. The Balaban J connectivity index is 1.97. The van der Waals surface area contributed by atoms with E-state index in [-0.39, 0.29) is 18.1 Å². The van der Waals surface area contributed by atoms with Crippen molar-refractivity contribution in [2.75, 3.05) is 20.2 Å². The lowest BCUT2D eigenvalue weighted by Crippen LogP contribution is -2.38. The molecule has 1 aliphatic rings. The summed E-state index contributed by atoms with van der Waals surface area (Å²) >= 11 is 0. The molecule has 0 bridgehead atoms. The number of nitrogens with zero attached hydrogens (tertiary/aromatic N) is 1. The first-order valence-corrected chi connectivity index (χ1v) is 7.02. The Labute approximate surface area is 119 Å². The van der Waals surface area contributed by atoms with Crippen LogP contribution in [0.15, 0.2) is 24.3 Å². The van der Waals surface area contributed by atoms with Crippen LogP contribution in [0.2, 0.25) is 0 Å². The minimum atomic E-state index is -0.0677. The van der Waals surface area contributed by atoms with Crippen LogP contribution in [-0.2, 0) is 9.59 Å². The summed E-state index contributed by atoms with van der Waals surface area (Å²) in [6.07, 6.45) is 1.87. The molecule has 20 heavy (non-hydrogen) atoms. The Hall–Kier alpha value is -1.84. The van der Waals surface area contributed by atoms with Gasteiger partial charge in [-0.05, 0) is 37.3 Å². The van der Waals surface area contributed by atoms with Gasteiger partial charge < -0.3 is 9.64 Å². The number of para-hydroxylation sites is 1. The minimum absolute atomic E-state index is 0.0271. The first kappa shape index (κ1) is 14.6. The number of ether oxygens (including phenoxy) is 1. The molecular weight excluding hydrogens is 254 g/mol. The van der Waals surface area contributed by atoms with Crippen molar-refractivity contribution in [3.63, 3.8) is 0 Å². The molecule has 0 atom stereocenters. The number of benzene rings is 1. The molecular formula is C16H21NO3. The van der Waals surface area contributed by atoms with Gasteiger partial charge in [0, 0.05) is 13.1 Å². The Morgan fingerprint density at radius 3 is 2.50 bits per heavy atom.